The zero-order valence-corrected chi connectivity index (χ0v) is 13.6. The van der Waals surface area contributed by atoms with Gasteiger partial charge in [-0.1, -0.05) is 11.8 Å². The van der Waals surface area contributed by atoms with Crippen molar-refractivity contribution in [2.24, 2.45) is 0 Å². The number of halogens is 3. The van der Waals surface area contributed by atoms with Crippen LogP contribution in [0.5, 0.6) is 5.75 Å². The molecule has 0 aromatic heterocycles. The van der Waals surface area contributed by atoms with E-state index in [2.05, 4.69) is 11.8 Å². The number of esters is 1. The Labute approximate surface area is 143 Å². The molecule has 2 aromatic rings. The van der Waals surface area contributed by atoms with Crippen LogP contribution in [0.4, 0.5) is 13.2 Å². The first kappa shape index (κ1) is 18.4. The highest BCUT2D eigenvalue weighted by atomic mass is 19.4. The van der Waals surface area contributed by atoms with Crippen LogP contribution in [0, 0.1) is 18.8 Å². The van der Waals surface area contributed by atoms with Crippen molar-refractivity contribution in [1.29, 1.82) is 0 Å². The van der Waals surface area contributed by atoms with Crippen LogP contribution in [0.3, 0.4) is 0 Å². The van der Waals surface area contributed by atoms with Crippen molar-refractivity contribution < 1.29 is 27.8 Å². The SMILES string of the molecule is CCOC(=O)c1ccc(C#Cc2ccc(O)cc2C(F)(F)F)c(C)c1. The van der Waals surface area contributed by atoms with Crippen LogP contribution in [0.2, 0.25) is 0 Å². The lowest BCUT2D eigenvalue weighted by atomic mass is 10.0. The number of phenolic OH excluding ortho intramolecular Hbond substituents is 1. The average molecular weight is 348 g/mol. The molecule has 0 aliphatic rings. The van der Waals surface area contributed by atoms with Gasteiger partial charge in [-0.3, -0.25) is 0 Å². The van der Waals surface area contributed by atoms with Gasteiger partial charge in [-0.05, 0) is 55.8 Å². The molecule has 0 amide bonds. The van der Waals surface area contributed by atoms with Crippen LogP contribution in [-0.2, 0) is 10.9 Å². The third kappa shape index (κ3) is 4.54. The van der Waals surface area contributed by atoms with E-state index in [4.69, 9.17) is 4.74 Å². The number of benzene rings is 2. The Morgan fingerprint density at radius 1 is 1.12 bits per heavy atom. The van der Waals surface area contributed by atoms with Gasteiger partial charge in [0.2, 0.25) is 0 Å². The topological polar surface area (TPSA) is 46.5 Å². The number of alkyl halides is 3. The fraction of sp³-hybridized carbons (Fsp3) is 0.211. The Morgan fingerprint density at radius 2 is 1.76 bits per heavy atom. The van der Waals surface area contributed by atoms with E-state index in [9.17, 15) is 23.1 Å². The summed E-state index contributed by atoms with van der Waals surface area (Å²) in [6.45, 7) is 3.65. The number of aryl methyl sites for hydroxylation is 1. The number of phenols is 1. The van der Waals surface area contributed by atoms with Crippen molar-refractivity contribution in [3.05, 3.63) is 64.2 Å². The molecule has 2 rings (SSSR count). The zero-order valence-electron chi connectivity index (χ0n) is 13.6. The summed E-state index contributed by atoms with van der Waals surface area (Å²) >= 11 is 0. The molecule has 130 valence electrons. The first-order chi connectivity index (χ1) is 11.7. The smallest absolute Gasteiger partial charge is 0.417 e. The first-order valence-electron chi connectivity index (χ1n) is 7.42. The van der Waals surface area contributed by atoms with E-state index in [1.807, 2.05) is 0 Å². The van der Waals surface area contributed by atoms with Crippen molar-refractivity contribution in [1.82, 2.24) is 0 Å². The molecule has 0 atom stereocenters. The second-order valence-corrected chi connectivity index (χ2v) is 5.23. The number of rotatable bonds is 2. The second-order valence-electron chi connectivity index (χ2n) is 5.23. The molecule has 25 heavy (non-hydrogen) atoms. The summed E-state index contributed by atoms with van der Waals surface area (Å²) < 4.78 is 43.9. The van der Waals surface area contributed by atoms with Crippen molar-refractivity contribution >= 4 is 5.97 Å². The fourth-order valence-corrected chi connectivity index (χ4v) is 2.16. The molecule has 0 radical (unpaired) electrons. The summed E-state index contributed by atoms with van der Waals surface area (Å²) in [6.07, 6.45) is -4.62. The van der Waals surface area contributed by atoms with Crippen LogP contribution in [0.15, 0.2) is 36.4 Å². The van der Waals surface area contributed by atoms with Crippen LogP contribution in [0.1, 0.15) is 39.5 Å². The summed E-state index contributed by atoms with van der Waals surface area (Å²) in [5.41, 5.74) is 0.255. The highest BCUT2D eigenvalue weighted by molar-refractivity contribution is 5.89. The van der Waals surface area contributed by atoms with E-state index in [1.54, 1.807) is 26.0 Å². The first-order valence-corrected chi connectivity index (χ1v) is 7.42. The lowest BCUT2D eigenvalue weighted by Crippen LogP contribution is -2.07. The van der Waals surface area contributed by atoms with Crippen molar-refractivity contribution in [2.75, 3.05) is 6.61 Å². The predicted molar refractivity (Wildman–Crippen MR) is 86.2 cm³/mol. The average Bonchev–Trinajstić information content (AvgIpc) is 2.54. The molecule has 0 saturated carbocycles. The van der Waals surface area contributed by atoms with E-state index in [0.29, 0.717) is 22.8 Å². The highest BCUT2D eigenvalue weighted by Crippen LogP contribution is 2.33. The third-order valence-electron chi connectivity index (χ3n) is 3.38. The molecule has 0 aliphatic heterocycles. The third-order valence-corrected chi connectivity index (χ3v) is 3.38. The summed E-state index contributed by atoms with van der Waals surface area (Å²) in [5.74, 6) is 4.21. The standard InChI is InChI=1S/C19H15F3O3/c1-3-25-18(24)15-7-5-13(12(2)10-15)4-6-14-8-9-16(23)11-17(14)19(20,21)22/h5,7-11,23H,3H2,1-2H3. The largest absolute Gasteiger partial charge is 0.508 e. The molecule has 0 unspecified atom stereocenters. The minimum Gasteiger partial charge on any atom is -0.508 e. The Bertz CT molecular complexity index is 858. The van der Waals surface area contributed by atoms with Gasteiger partial charge < -0.3 is 9.84 Å². The van der Waals surface area contributed by atoms with Gasteiger partial charge in [0.05, 0.1) is 17.7 Å². The number of hydrogen-bond acceptors (Lipinski definition) is 3. The Hall–Kier alpha value is -2.94. The maximum Gasteiger partial charge on any atom is 0.417 e. The summed E-state index contributed by atoms with van der Waals surface area (Å²) in [5, 5.41) is 9.26. The van der Waals surface area contributed by atoms with E-state index in [1.165, 1.54) is 6.07 Å². The highest BCUT2D eigenvalue weighted by Gasteiger charge is 2.33. The molecule has 0 aliphatic carbocycles. The fourth-order valence-electron chi connectivity index (χ4n) is 2.16. The van der Waals surface area contributed by atoms with Crippen molar-refractivity contribution in [3.63, 3.8) is 0 Å². The number of ether oxygens (including phenoxy) is 1. The van der Waals surface area contributed by atoms with Crippen LogP contribution >= 0.6 is 0 Å². The van der Waals surface area contributed by atoms with E-state index < -0.39 is 23.5 Å². The van der Waals surface area contributed by atoms with E-state index >= 15 is 0 Å². The molecular weight excluding hydrogens is 333 g/mol. The number of hydrogen-bond donors (Lipinski definition) is 1. The Kier molecular flexibility index (Phi) is 5.38. The van der Waals surface area contributed by atoms with Gasteiger partial charge in [0, 0.05) is 11.1 Å². The Balaban J connectivity index is 2.38. The number of aromatic hydroxyl groups is 1. The Morgan fingerprint density at radius 3 is 2.36 bits per heavy atom. The summed E-state index contributed by atoms with van der Waals surface area (Å²) in [4.78, 5) is 11.7. The molecule has 0 saturated heterocycles. The molecule has 2 aromatic carbocycles. The minimum atomic E-state index is -4.62. The van der Waals surface area contributed by atoms with Gasteiger partial charge in [-0.2, -0.15) is 13.2 Å². The second kappa shape index (κ2) is 7.31. The van der Waals surface area contributed by atoms with Gasteiger partial charge in [0.25, 0.3) is 0 Å². The van der Waals surface area contributed by atoms with Gasteiger partial charge in [-0.25, -0.2) is 4.79 Å². The molecular formula is C19H15F3O3. The zero-order chi connectivity index (χ0) is 18.6. The van der Waals surface area contributed by atoms with Crippen molar-refractivity contribution in [2.45, 2.75) is 20.0 Å². The quantitative estimate of drug-likeness (QED) is 0.650. The lowest BCUT2D eigenvalue weighted by Gasteiger charge is -2.09. The van der Waals surface area contributed by atoms with Crippen LogP contribution < -0.4 is 0 Å². The molecule has 3 nitrogen and oxygen atoms in total. The van der Waals surface area contributed by atoms with Crippen LogP contribution in [-0.4, -0.2) is 17.7 Å². The molecule has 0 fully saturated rings. The predicted octanol–water partition coefficient (Wildman–Crippen LogP) is 4.30. The molecule has 0 heterocycles. The molecule has 0 spiro atoms. The monoisotopic (exact) mass is 348 g/mol. The number of carbonyl (C=O) groups is 1. The maximum absolute atomic E-state index is 13.0. The van der Waals surface area contributed by atoms with Crippen LogP contribution in [0.25, 0.3) is 0 Å². The normalized spacial score (nSPS) is 10.8. The molecule has 1 N–H and O–H groups in total. The van der Waals surface area contributed by atoms with Gasteiger partial charge in [-0.15, -0.1) is 0 Å². The minimum absolute atomic E-state index is 0.237. The number of carbonyl (C=O) groups excluding carboxylic acids is 1. The molecule has 6 heteroatoms. The summed E-state index contributed by atoms with van der Waals surface area (Å²) in [6, 6.07) is 7.55. The van der Waals surface area contributed by atoms with E-state index in [0.717, 1.165) is 12.1 Å². The van der Waals surface area contributed by atoms with Gasteiger partial charge >= 0.3 is 12.1 Å². The lowest BCUT2D eigenvalue weighted by molar-refractivity contribution is -0.137. The van der Waals surface area contributed by atoms with Crippen molar-refractivity contribution in [3.8, 4) is 17.6 Å². The van der Waals surface area contributed by atoms with Gasteiger partial charge in [0.1, 0.15) is 5.75 Å². The summed E-state index contributed by atoms with van der Waals surface area (Å²) in [7, 11) is 0. The maximum atomic E-state index is 13.0. The van der Waals surface area contributed by atoms with E-state index in [-0.39, 0.29) is 12.2 Å². The molecule has 0 bridgehead atoms. The van der Waals surface area contributed by atoms with Gasteiger partial charge in [0.15, 0.2) is 0 Å².